The molecule has 34 valence electrons. The number of carbonyl (C=O) groups is 1. The minimum Gasteiger partial charge on any atom is -0.405 e. The molecule has 0 aromatic rings. The molecular formula is C3H7NOSi. The summed E-state index contributed by atoms with van der Waals surface area (Å²) in [7, 11) is 0.573. The first kappa shape index (κ1) is 5.43. The van der Waals surface area contributed by atoms with Crippen molar-refractivity contribution in [2.45, 2.75) is 0 Å². The van der Waals surface area contributed by atoms with Gasteiger partial charge in [0.05, 0.1) is 10.2 Å². The van der Waals surface area contributed by atoms with Gasteiger partial charge in [0, 0.05) is 0 Å². The summed E-state index contributed by atoms with van der Waals surface area (Å²) in [4.78, 5) is 9.94. The number of hydrogen-bond acceptors (Lipinski definition) is 2. The van der Waals surface area contributed by atoms with Gasteiger partial charge in [0.25, 0.3) is 0 Å². The molecule has 0 saturated heterocycles. The van der Waals surface area contributed by atoms with Crippen LogP contribution >= 0.6 is 0 Å². The topological polar surface area (TPSA) is 43.1 Å². The van der Waals surface area contributed by atoms with E-state index in [-0.39, 0.29) is 5.41 Å². The van der Waals surface area contributed by atoms with Crippen LogP contribution in [0.25, 0.3) is 0 Å². The van der Waals surface area contributed by atoms with E-state index in [1.54, 1.807) is 0 Å². The Kier molecular flexibility index (Phi) is 2.40. The van der Waals surface area contributed by atoms with Crippen molar-refractivity contribution in [2.75, 3.05) is 0 Å². The van der Waals surface area contributed by atoms with Crippen LogP contribution in [0.4, 0.5) is 0 Å². The van der Waals surface area contributed by atoms with Gasteiger partial charge in [-0.2, -0.15) is 0 Å². The normalized spacial score (nSPS) is 10.0. The quantitative estimate of drug-likeness (QED) is 0.318. The summed E-state index contributed by atoms with van der Waals surface area (Å²) >= 11 is 0. The lowest BCUT2D eigenvalue weighted by Crippen LogP contribution is -1.89. The maximum Gasteiger partial charge on any atom is 0.123 e. The summed E-state index contributed by atoms with van der Waals surface area (Å²) in [5.74, 6) is 0. The average molecular weight is 101 g/mol. The van der Waals surface area contributed by atoms with Gasteiger partial charge >= 0.3 is 0 Å². The number of hydrogen-bond donors (Lipinski definition) is 1. The van der Waals surface area contributed by atoms with E-state index in [1.165, 1.54) is 12.3 Å². The summed E-state index contributed by atoms with van der Waals surface area (Å²) in [5.41, 5.74) is 4.85. The van der Waals surface area contributed by atoms with Gasteiger partial charge < -0.3 is 10.5 Å². The summed E-state index contributed by atoms with van der Waals surface area (Å²) in [6.07, 6.45) is 2.63. The van der Waals surface area contributed by atoms with Gasteiger partial charge in [-0.3, -0.25) is 0 Å². The third-order valence-electron chi connectivity index (χ3n) is 0.331. The van der Waals surface area contributed by atoms with E-state index in [9.17, 15) is 4.79 Å². The molecule has 0 saturated carbocycles. The van der Waals surface area contributed by atoms with Crippen LogP contribution in [0.5, 0.6) is 0 Å². The van der Waals surface area contributed by atoms with Crippen molar-refractivity contribution in [3.8, 4) is 0 Å². The van der Waals surface area contributed by atoms with E-state index < -0.39 is 0 Å². The van der Waals surface area contributed by atoms with Crippen LogP contribution in [0.15, 0.2) is 12.3 Å². The van der Waals surface area contributed by atoms with E-state index in [2.05, 4.69) is 0 Å². The first-order valence-corrected chi connectivity index (χ1v) is 2.66. The fourth-order valence-corrected chi connectivity index (χ4v) is 0.328. The van der Waals surface area contributed by atoms with Crippen molar-refractivity contribution in [3.63, 3.8) is 0 Å². The summed E-state index contributed by atoms with van der Waals surface area (Å²) in [6.45, 7) is 0. The first-order valence-electron chi connectivity index (χ1n) is 1.66. The minimum absolute atomic E-state index is 0.123. The molecule has 0 aromatic carbocycles. The maximum atomic E-state index is 9.94. The average Bonchev–Trinajstić information content (AvgIpc) is 1.35. The van der Waals surface area contributed by atoms with Gasteiger partial charge in [-0.25, -0.2) is 0 Å². The molecule has 3 heteroatoms. The highest BCUT2D eigenvalue weighted by Crippen LogP contribution is 1.58. The van der Waals surface area contributed by atoms with Gasteiger partial charge in [0.2, 0.25) is 0 Å². The molecule has 0 spiro atoms. The van der Waals surface area contributed by atoms with Crippen molar-refractivity contribution in [1.82, 2.24) is 0 Å². The predicted molar refractivity (Wildman–Crippen MR) is 28.3 cm³/mol. The molecule has 0 amide bonds. The largest absolute Gasteiger partial charge is 0.405 e. The van der Waals surface area contributed by atoms with Crippen LogP contribution in [0.3, 0.4) is 0 Å². The van der Waals surface area contributed by atoms with E-state index in [0.29, 0.717) is 10.2 Å². The Bertz CT molecular complexity index is 78.9. The molecule has 0 unspecified atom stereocenters. The molecular weight excluding hydrogens is 94.1 g/mol. The monoisotopic (exact) mass is 101 g/mol. The van der Waals surface area contributed by atoms with Crippen LogP contribution in [0, 0.1) is 0 Å². The van der Waals surface area contributed by atoms with Gasteiger partial charge in [-0.15, -0.1) is 0 Å². The lowest BCUT2D eigenvalue weighted by atomic mass is 10.7. The zero-order chi connectivity index (χ0) is 4.99. The standard InChI is InChI=1S/C3H7NOSi/c4-2-1-3(5)6/h1-2H,4H2,6H3. The van der Waals surface area contributed by atoms with Crippen LogP contribution < -0.4 is 5.73 Å². The molecule has 0 aromatic heterocycles. The molecule has 0 bridgehead atoms. The minimum atomic E-state index is 0.123. The Morgan fingerprint density at radius 3 is 2.33 bits per heavy atom. The van der Waals surface area contributed by atoms with Crippen LogP contribution in [0.2, 0.25) is 0 Å². The molecule has 0 fully saturated rings. The van der Waals surface area contributed by atoms with Crippen molar-refractivity contribution in [2.24, 2.45) is 5.73 Å². The maximum absolute atomic E-state index is 9.94. The molecule has 0 aliphatic heterocycles. The molecule has 0 aliphatic carbocycles. The number of carbonyl (C=O) groups excluding carboxylic acids is 1. The zero-order valence-electron chi connectivity index (χ0n) is 3.64. The summed E-state index contributed by atoms with van der Waals surface area (Å²) in [6, 6.07) is 0. The lowest BCUT2D eigenvalue weighted by molar-refractivity contribution is -0.107. The van der Waals surface area contributed by atoms with E-state index in [4.69, 9.17) is 5.73 Å². The van der Waals surface area contributed by atoms with Crippen molar-refractivity contribution >= 4 is 15.6 Å². The molecule has 0 radical (unpaired) electrons. The molecule has 0 rings (SSSR count). The smallest absolute Gasteiger partial charge is 0.123 e. The number of allylic oxidation sites excluding steroid dienone is 1. The van der Waals surface area contributed by atoms with E-state index in [1.807, 2.05) is 0 Å². The highest BCUT2D eigenvalue weighted by atomic mass is 28.1. The highest BCUT2D eigenvalue weighted by molar-refractivity contribution is 6.60. The lowest BCUT2D eigenvalue weighted by Gasteiger charge is -1.69. The predicted octanol–water partition coefficient (Wildman–Crippen LogP) is -1.65. The Morgan fingerprint density at radius 2 is 2.33 bits per heavy atom. The third-order valence-corrected chi connectivity index (χ3v) is 0.664. The second-order valence-corrected chi connectivity index (χ2v) is 1.96. The Hall–Kier alpha value is -0.573. The van der Waals surface area contributed by atoms with Gasteiger partial charge in [-0.05, 0) is 12.3 Å². The van der Waals surface area contributed by atoms with E-state index in [0.717, 1.165) is 0 Å². The molecule has 6 heavy (non-hydrogen) atoms. The summed E-state index contributed by atoms with van der Waals surface area (Å²) in [5, 5.41) is 0.123. The molecule has 0 heterocycles. The summed E-state index contributed by atoms with van der Waals surface area (Å²) < 4.78 is 0. The zero-order valence-corrected chi connectivity index (χ0v) is 5.64. The van der Waals surface area contributed by atoms with Gasteiger partial charge in [-0.1, -0.05) is 0 Å². The first-order chi connectivity index (χ1) is 2.77. The molecule has 0 aliphatic rings. The SMILES string of the molecule is NC=CC(=O)[SiH3]. The van der Waals surface area contributed by atoms with Crippen molar-refractivity contribution in [3.05, 3.63) is 12.3 Å². The number of rotatable bonds is 1. The Labute approximate surface area is 39.5 Å². The van der Waals surface area contributed by atoms with Crippen molar-refractivity contribution in [1.29, 1.82) is 0 Å². The molecule has 2 nitrogen and oxygen atoms in total. The molecule has 0 atom stereocenters. The third kappa shape index (κ3) is 3.43. The van der Waals surface area contributed by atoms with Gasteiger partial charge in [0.15, 0.2) is 0 Å². The Balaban J connectivity index is 3.30. The molecule has 2 N–H and O–H groups in total. The fraction of sp³-hybridized carbons (Fsp3) is 0. The van der Waals surface area contributed by atoms with E-state index >= 15 is 0 Å². The fourth-order valence-electron chi connectivity index (χ4n) is 0.136. The second-order valence-electron chi connectivity index (χ2n) is 0.970. The van der Waals surface area contributed by atoms with Crippen LogP contribution in [-0.2, 0) is 4.79 Å². The van der Waals surface area contributed by atoms with Gasteiger partial charge in [0.1, 0.15) is 5.41 Å². The second kappa shape index (κ2) is 2.65. The van der Waals surface area contributed by atoms with Crippen molar-refractivity contribution < 1.29 is 4.79 Å². The highest BCUT2D eigenvalue weighted by Gasteiger charge is 1.73. The van der Waals surface area contributed by atoms with Crippen LogP contribution in [0.1, 0.15) is 0 Å². The van der Waals surface area contributed by atoms with Crippen LogP contribution in [-0.4, -0.2) is 15.6 Å². The Morgan fingerprint density at radius 1 is 1.83 bits per heavy atom. The number of nitrogens with two attached hydrogens (primary N) is 1.